The summed E-state index contributed by atoms with van der Waals surface area (Å²) in [7, 11) is -3.48. The SMILES string of the molecule is Cc1ccc(-c2ccc(S(=O)(=O)N3C[C@@H](C)O[C@@H](C)C3)cc2)cc1. The summed E-state index contributed by atoms with van der Waals surface area (Å²) in [4.78, 5) is 0.333. The van der Waals surface area contributed by atoms with E-state index in [-0.39, 0.29) is 12.2 Å². The molecule has 0 amide bonds. The lowest BCUT2D eigenvalue weighted by Gasteiger charge is -2.34. The zero-order valence-corrected chi connectivity index (χ0v) is 15.1. The number of hydrogen-bond acceptors (Lipinski definition) is 3. The van der Waals surface area contributed by atoms with Crippen LogP contribution in [0, 0.1) is 6.92 Å². The number of morpholine rings is 1. The Morgan fingerprint density at radius 1 is 0.875 bits per heavy atom. The summed E-state index contributed by atoms with van der Waals surface area (Å²) in [5.41, 5.74) is 3.30. The molecule has 0 bridgehead atoms. The van der Waals surface area contributed by atoms with Gasteiger partial charge in [-0.05, 0) is 44.0 Å². The van der Waals surface area contributed by atoms with Gasteiger partial charge in [0.05, 0.1) is 17.1 Å². The minimum atomic E-state index is -3.48. The molecule has 1 aliphatic rings. The highest BCUT2D eigenvalue weighted by atomic mass is 32.2. The average molecular weight is 345 g/mol. The summed E-state index contributed by atoms with van der Waals surface area (Å²) in [6.07, 6.45) is -0.175. The first-order valence-electron chi connectivity index (χ1n) is 8.19. The van der Waals surface area contributed by atoms with Crippen LogP contribution >= 0.6 is 0 Å². The second-order valence-corrected chi connectivity index (χ2v) is 8.41. The lowest BCUT2D eigenvalue weighted by atomic mass is 10.0. The minimum absolute atomic E-state index is 0.0876. The maximum absolute atomic E-state index is 12.8. The molecular weight excluding hydrogens is 322 g/mol. The number of aryl methyl sites for hydroxylation is 1. The molecule has 1 heterocycles. The molecule has 0 unspecified atom stereocenters. The molecule has 0 aliphatic carbocycles. The molecular formula is C19H23NO3S. The molecule has 128 valence electrons. The van der Waals surface area contributed by atoms with Gasteiger partial charge in [-0.3, -0.25) is 0 Å². The van der Waals surface area contributed by atoms with E-state index in [0.717, 1.165) is 11.1 Å². The normalized spacial score (nSPS) is 22.5. The molecule has 2 aromatic carbocycles. The first kappa shape index (κ1) is 17.1. The fourth-order valence-corrected chi connectivity index (χ4v) is 4.63. The Hall–Kier alpha value is -1.69. The molecule has 1 saturated heterocycles. The number of hydrogen-bond donors (Lipinski definition) is 0. The summed E-state index contributed by atoms with van der Waals surface area (Å²) < 4.78 is 32.8. The summed E-state index contributed by atoms with van der Waals surface area (Å²) in [6.45, 7) is 6.64. The number of sulfonamides is 1. The van der Waals surface area contributed by atoms with Crippen LogP contribution in [-0.4, -0.2) is 38.0 Å². The molecule has 0 radical (unpaired) electrons. The van der Waals surface area contributed by atoms with Crippen LogP contribution in [0.4, 0.5) is 0 Å². The topological polar surface area (TPSA) is 46.6 Å². The maximum atomic E-state index is 12.8. The average Bonchev–Trinajstić information content (AvgIpc) is 2.55. The largest absolute Gasteiger partial charge is 0.373 e. The number of benzene rings is 2. The van der Waals surface area contributed by atoms with Gasteiger partial charge in [-0.15, -0.1) is 0 Å². The van der Waals surface area contributed by atoms with Crippen molar-refractivity contribution in [3.05, 3.63) is 54.1 Å². The van der Waals surface area contributed by atoms with E-state index in [2.05, 4.69) is 12.1 Å². The van der Waals surface area contributed by atoms with E-state index in [9.17, 15) is 8.42 Å². The summed E-state index contributed by atoms with van der Waals surface area (Å²) >= 11 is 0. The lowest BCUT2D eigenvalue weighted by Crippen LogP contribution is -2.48. The van der Waals surface area contributed by atoms with Crippen molar-refractivity contribution in [2.45, 2.75) is 37.9 Å². The van der Waals surface area contributed by atoms with E-state index in [1.54, 1.807) is 12.1 Å². The number of nitrogens with zero attached hydrogens (tertiary/aromatic N) is 1. The molecule has 0 N–H and O–H groups in total. The third-order valence-corrected chi connectivity index (χ3v) is 6.11. The van der Waals surface area contributed by atoms with Gasteiger partial charge in [0.1, 0.15) is 0 Å². The third kappa shape index (κ3) is 3.53. The Balaban J connectivity index is 1.85. The summed E-state index contributed by atoms with van der Waals surface area (Å²) in [5, 5.41) is 0. The van der Waals surface area contributed by atoms with Crippen molar-refractivity contribution in [2.75, 3.05) is 13.1 Å². The number of ether oxygens (including phenoxy) is 1. The van der Waals surface area contributed by atoms with E-state index in [4.69, 9.17) is 4.74 Å². The van der Waals surface area contributed by atoms with Crippen molar-refractivity contribution < 1.29 is 13.2 Å². The van der Waals surface area contributed by atoms with Gasteiger partial charge in [-0.1, -0.05) is 42.0 Å². The Morgan fingerprint density at radius 2 is 1.33 bits per heavy atom. The molecule has 4 nitrogen and oxygen atoms in total. The predicted molar refractivity (Wildman–Crippen MR) is 95.4 cm³/mol. The van der Waals surface area contributed by atoms with Crippen molar-refractivity contribution in [3.63, 3.8) is 0 Å². The highest BCUT2D eigenvalue weighted by Gasteiger charge is 2.32. The van der Waals surface area contributed by atoms with E-state index in [0.29, 0.717) is 18.0 Å². The van der Waals surface area contributed by atoms with Crippen LogP contribution in [-0.2, 0) is 14.8 Å². The Kier molecular flexibility index (Phi) is 4.76. The van der Waals surface area contributed by atoms with Crippen LogP contribution in [0.25, 0.3) is 11.1 Å². The summed E-state index contributed by atoms with van der Waals surface area (Å²) in [6, 6.07) is 15.3. The Bertz CT molecular complexity index is 788. The molecule has 1 aliphatic heterocycles. The smallest absolute Gasteiger partial charge is 0.243 e. The van der Waals surface area contributed by atoms with Crippen LogP contribution in [0.5, 0.6) is 0 Å². The zero-order valence-electron chi connectivity index (χ0n) is 14.3. The van der Waals surface area contributed by atoms with E-state index in [1.807, 2.05) is 45.0 Å². The second-order valence-electron chi connectivity index (χ2n) is 6.47. The van der Waals surface area contributed by atoms with Crippen molar-refractivity contribution >= 4 is 10.0 Å². The third-order valence-electron chi connectivity index (χ3n) is 4.26. The Morgan fingerprint density at radius 3 is 1.83 bits per heavy atom. The molecule has 0 aromatic heterocycles. The van der Waals surface area contributed by atoms with E-state index >= 15 is 0 Å². The monoisotopic (exact) mass is 345 g/mol. The van der Waals surface area contributed by atoms with Crippen molar-refractivity contribution in [1.29, 1.82) is 0 Å². The zero-order chi connectivity index (χ0) is 17.3. The van der Waals surface area contributed by atoms with Crippen LogP contribution < -0.4 is 0 Å². The maximum Gasteiger partial charge on any atom is 0.243 e. The highest BCUT2D eigenvalue weighted by Crippen LogP contribution is 2.25. The van der Waals surface area contributed by atoms with Gasteiger partial charge in [0.25, 0.3) is 0 Å². The van der Waals surface area contributed by atoms with Crippen LogP contribution in [0.15, 0.2) is 53.4 Å². The molecule has 1 fully saturated rings. The van der Waals surface area contributed by atoms with E-state index in [1.165, 1.54) is 9.87 Å². The quantitative estimate of drug-likeness (QED) is 0.856. The predicted octanol–water partition coefficient (Wildman–Crippen LogP) is 3.46. The fourth-order valence-electron chi connectivity index (χ4n) is 3.04. The van der Waals surface area contributed by atoms with Crippen molar-refractivity contribution in [2.24, 2.45) is 0 Å². The molecule has 0 saturated carbocycles. The molecule has 0 spiro atoms. The van der Waals surface area contributed by atoms with Crippen LogP contribution in [0.2, 0.25) is 0 Å². The second kappa shape index (κ2) is 6.67. The fraction of sp³-hybridized carbons (Fsp3) is 0.368. The minimum Gasteiger partial charge on any atom is -0.373 e. The lowest BCUT2D eigenvalue weighted by molar-refractivity contribution is -0.0440. The number of rotatable bonds is 3. The van der Waals surface area contributed by atoms with Gasteiger partial charge in [-0.25, -0.2) is 8.42 Å². The summed E-state index contributed by atoms with van der Waals surface area (Å²) in [5.74, 6) is 0. The van der Waals surface area contributed by atoms with Crippen molar-refractivity contribution in [3.8, 4) is 11.1 Å². The molecule has 24 heavy (non-hydrogen) atoms. The Labute approximate surface area is 144 Å². The van der Waals surface area contributed by atoms with Crippen molar-refractivity contribution in [1.82, 2.24) is 4.31 Å². The van der Waals surface area contributed by atoms with Gasteiger partial charge in [0, 0.05) is 13.1 Å². The van der Waals surface area contributed by atoms with Gasteiger partial charge < -0.3 is 4.74 Å². The standard InChI is InChI=1S/C19H23NO3S/c1-14-4-6-17(7-5-14)18-8-10-19(11-9-18)24(21,22)20-12-15(2)23-16(3)13-20/h4-11,15-16H,12-13H2,1-3H3/t15-,16+. The molecule has 3 rings (SSSR count). The first-order chi connectivity index (χ1) is 11.4. The molecule has 2 atom stereocenters. The van der Waals surface area contributed by atoms with Gasteiger partial charge in [0.15, 0.2) is 0 Å². The van der Waals surface area contributed by atoms with Crippen LogP contribution in [0.1, 0.15) is 19.4 Å². The van der Waals surface area contributed by atoms with Gasteiger partial charge in [-0.2, -0.15) is 4.31 Å². The molecule has 5 heteroatoms. The van der Waals surface area contributed by atoms with Gasteiger partial charge >= 0.3 is 0 Å². The van der Waals surface area contributed by atoms with E-state index < -0.39 is 10.0 Å². The first-order valence-corrected chi connectivity index (χ1v) is 9.63. The van der Waals surface area contributed by atoms with Gasteiger partial charge in [0.2, 0.25) is 10.0 Å². The molecule has 2 aromatic rings. The van der Waals surface area contributed by atoms with Crippen LogP contribution in [0.3, 0.4) is 0 Å². The highest BCUT2D eigenvalue weighted by molar-refractivity contribution is 7.89.